The maximum Gasteiger partial charge on any atom is 0.407 e. The molecular formula is C11H24N2O2. The lowest BCUT2D eigenvalue weighted by Crippen LogP contribution is -2.39. The lowest BCUT2D eigenvalue weighted by atomic mass is 10.1. The van der Waals surface area contributed by atoms with Crippen LogP contribution >= 0.6 is 0 Å². The molecule has 4 heteroatoms. The van der Waals surface area contributed by atoms with Crippen LogP contribution in [0, 0.1) is 0 Å². The highest BCUT2D eigenvalue weighted by molar-refractivity contribution is 5.68. The van der Waals surface area contributed by atoms with Gasteiger partial charge in [0.1, 0.15) is 5.60 Å². The van der Waals surface area contributed by atoms with Gasteiger partial charge in [0.15, 0.2) is 0 Å². The van der Waals surface area contributed by atoms with Gasteiger partial charge >= 0.3 is 6.09 Å². The lowest BCUT2D eigenvalue weighted by Gasteiger charge is -2.23. The summed E-state index contributed by atoms with van der Waals surface area (Å²) in [5.74, 6) is 0. The summed E-state index contributed by atoms with van der Waals surface area (Å²) in [4.78, 5) is 11.4. The fourth-order valence-corrected chi connectivity index (χ4v) is 1.22. The third kappa shape index (κ3) is 8.24. The summed E-state index contributed by atoms with van der Waals surface area (Å²) in [6.45, 7) is 8.26. The Hall–Kier alpha value is -0.770. The van der Waals surface area contributed by atoms with Crippen LogP contribution < -0.4 is 11.1 Å². The molecule has 0 rings (SSSR count). The average molecular weight is 216 g/mol. The standard InChI is InChI=1S/C11H24N2O2/c1-5-9(7-6-8-12)13-10(14)15-11(2,3)4/h9H,5-8,12H2,1-4H3,(H,13,14)/t9-/m0/s1. The maximum atomic E-state index is 11.4. The van der Waals surface area contributed by atoms with Crippen molar-refractivity contribution in [3.63, 3.8) is 0 Å². The number of hydrogen-bond donors (Lipinski definition) is 2. The van der Waals surface area contributed by atoms with Gasteiger partial charge in [0.25, 0.3) is 0 Å². The van der Waals surface area contributed by atoms with Crippen LogP contribution in [0.2, 0.25) is 0 Å². The first-order valence-electron chi connectivity index (χ1n) is 5.58. The summed E-state index contributed by atoms with van der Waals surface area (Å²) in [7, 11) is 0. The zero-order valence-corrected chi connectivity index (χ0v) is 10.3. The summed E-state index contributed by atoms with van der Waals surface area (Å²) in [6.07, 6.45) is 2.39. The van der Waals surface area contributed by atoms with Crippen molar-refractivity contribution in [2.24, 2.45) is 5.73 Å². The Morgan fingerprint density at radius 3 is 2.47 bits per heavy atom. The molecule has 0 aromatic carbocycles. The molecule has 0 unspecified atom stereocenters. The molecule has 1 atom stereocenters. The Kier molecular flexibility index (Phi) is 6.32. The van der Waals surface area contributed by atoms with Crippen LogP contribution in [0.15, 0.2) is 0 Å². The molecule has 1 amide bonds. The van der Waals surface area contributed by atoms with Gasteiger partial charge in [0.2, 0.25) is 0 Å². The highest BCUT2D eigenvalue weighted by Gasteiger charge is 2.18. The van der Waals surface area contributed by atoms with Gasteiger partial charge < -0.3 is 15.8 Å². The molecule has 0 saturated heterocycles. The number of alkyl carbamates (subject to hydrolysis) is 1. The van der Waals surface area contributed by atoms with Gasteiger partial charge in [-0.25, -0.2) is 4.79 Å². The molecule has 0 radical (unpaired) electrons. The topological polar surface area (TPSA) is 64.3 Å². The zero-order chi connectivity index (χ0) is 11.9. The minimum absolute atomic E-state index is 0.170. The SMILES string of the molecule is CC[C@@H](CCCN)NC(=O)OC(C)(C)C. The third-order valence-electron chi connectivity index (χ3n) is 1.97. The van der Waals surface area contributed by atoms with E-state index in [4.69, 9.17) is 10.5 Å². The molecule has 0 spiro atoms. The second kappa shape index (κ2) is 6.67. The molecule has 15 heavy (non-hydrogen) atoms. The van der Waals surface area contributed by atoms with Crippen molar-refractivity contribution in [3.8, 4) is 0 Å². The second-order valence-electron chi connectivity index (χ2n) is 4.68. The minimum Gasteiger partial charge on any atom is -0.444 e. The molecule has 0 aliphatic carbocycles. The van der Waals surface area contributed by atoms with E-state index >= 15 is 0 Å². The van der Waals surface area contributed by atoms with Crippen molar-refractivity contribution in [1.82, 2.24) is 5.32 Å². The zero-order valence-electron chi connectivity index (χ0n) is 10.3. The van der Waals surface area contributed by atoms with Crippen molar-refractivity contribution in [3.05, 3.63) is 0 Å². The van der Waals surface area contributed by atoms with Crippen molar-refractivity contribution >= 4 is 6.09 Å². The van der Waals surface area contributed by atoms with E-state index in [0.717, 1.165) is 19.3 Å². The first kappa shape index (κ1) is 14.2. The van der Waals surface area contributed by atoms with Crippen molar-refractivity contribution in [2.75, 3.05) is 6.54 Å². The molecular weight excluding hydrogens is 192 g/mol. The van der Waals surface area contributed by atoms with Gasteiger partial charge in [-0.3, -0.25) is 0 Å². The summed E-state index contributed by atoms with van der Waals surface area (Å²) in [6, 6.07) is 0.170. The number of hydrogen-bond acceptors (Lipinski definition) is 3. The third-order valence-corrected chi connectivity index (χ3v) is 1.97. The van der Waals surface area contributed by atoms with Crippen LogP contribution in [0.1, 0.15) is 47.0 Å². The Morgan fingerprint density at radius 2 is 2.07 bits per heavy atom. The number of nitrogens with two attached hydrogens (primary N) is 1. The van der Waals surface area contributed by atoms with E-state index < -0.39 is 5.60 Å². The maximum absolute atomic E-state index is 11.4. The molecule has 4 nitrogen and oxygen atoms in total. The van der Waals surface area contributed by atoms with Crippen molar-refractivity contribution in [1.29, 1.82) is 0 Å². The van der Waals surface area contributed by atoms with Gasteiger partial charge in [-0.05, 0) is 46.6 Å². The minimum atomic E-state index is -0.434. The predicted molar refractivity (Wildman–Crippen MR) is 61.7 cm³/mol. The van der Waals surface area contributed by atoms with E-state index in [1.807, 2.05) is 27.7 Å². The van der Waals surface area contributed by atoms with E-state index in [0.29, 0.717) is 6.54 Å². The van der Waals surface area contributed by atoms with Crippen LogP contribution in [0.25, 0.3) is 0 Å². The Labute approximate surface area is 92.6 Å². The Morgan fingerprint density at radius 1 is 1.47 bits per heavy atom. The largest absolute Gasteiger partial charge is 0.444 e. The summed E-state index contributed by atoms with van der Waals surface area (Å²) < 4.78 is 5.17. The Balaban J connectivity index is 3.91. The first-order valence-corrected chi connectivity index (χ1v) is 5.58. The van der Waals surface area contributed by atoms with Crippen molar-refractivity contribution < 1.29 is 9.53 Å². The molecule has 0 aliphatic heterocycles. The number of ether oxygens (including phenoxy) is 1. The molecule has 3 N–H and O–H groups in total. The van der Waals surface area contributed by atoms with Crippen LogP contribution in [0.5, 0.6) is 0 Å². The Bertz CT molecular complexity index is 188. The normalized spacial score (nSPS) is 13.4. The number of amides is 1. The lowest BCUT2D eigenvalue weighted by molar-refractivity contribution is 0.0500. The van der Waals surface area contributed by atoms with Gasteiger partial charge in [-0.2, -0.15) is 0 Å². The monoisotopic (exact) mass is 216 g/mol. The highest BCUT2D eigenvalue weighted by Crippen LogP contribution is 2.08. The molecule has 0 aromatic rings. The van der Waals surface area contributed by atoms with Gasteiger partial charge in [-0.1, -0.05) is 6.92 Å². The van der Waals surface area contributed by atoms with Gasteiger partial charge in [0.05, 0.1) is 0 Å². The quantitative estimate of drug-likeness (QED) is 0.739. The molecule has 0 bridgehead atoms. The van der Waals surface area contributed by atoms with Gasteiger partial charge in [-0.15, -0.1) is 0 Å². The number of carbonyl (C=O) groups is 1. The number of rotatable bonds is 5. The fourth-order valence-electron chi connectivity index (χ4n) is 1.22. The fraction of sp³-hybridized carbons (Fsp3) is 0.909. The molecule has 0 heterocycles. The van der Waals surface area contributed by atoms with E-state index in [1.165, 1.54) is 0 Å². The van der Waals surface area contributed by atoms with Crippen LogP contribution in [0.3, 0.4) is 0 Å². The van der Waals surface area contributed by atoms with E-state index in [9.17, 15) is 4.79 Å². The van der Waals surface area contributed by atoms with Gasteiger partial charge in [0, 0.05) is 6.04 Å². The molecule has 0 aliphatic rings. The summed E-state index contributed by atoms with van der Waals surface area (Å²) in [5.41, 5.74) is 4.99. The first-order chi connectivity index (χ1) is 6.89. The predicted octanol–water partition coefficient (Wildman–Crippen LogP) is 2.03. The molecule has 0 fully saturated rings. The smallest absolute Gasteiger partial charge is 0.407 e. The molecule has 0 aromatic heterocycles. The molecule has 90 valence electrons. The van der Waals surface area contributed by atoms with E-state index in [2.05, 4.69) is 5.32 Å². The van der Waals surface area contributed by atoms with E-state index in [1.54, 1.807) is 0 Å². The summed E-state index contributed by atoms with van der Waals surface area (Å²) in [5, 5.41) is 2.84. The van der Waals surface area contributed by atoms with Crippen LogP contribution in [-0.4, -0.2) is 24.3 Å². The molecule has 0 saturated carbocycles. The van der Waals surface area contributed by atoms with Crippen LogP contribution in [-0.2, 0) is 4.74 Å². The van der Waals surface area contributed by atoms with E-state index in [-0.39, 0.29) is 12.1 Å². The summed E-state index contributed by atoms with van der Waals surface area (Å²) >= 11 is 0. The average Bonchev–Trinajstić information content (AvgIpc) is 2.09. The van der Waals surface area contributed by atoms with Crippen molar-refractivity contribution in [2.45, 2.75) is 58.6 Å². The highest BCUT2D eigenvalue weighted by atomic mass is 16.6. The number of carbonyl (C=O) groups excluding carboxylic acids is 1. The second-order valence-corrected chi connectivity index (χ2v) is 4.68. The van der Waals surface area contributed by atoms with Crippen LogP contribution in [0.4, 0.5) is 4.79 Å². The number of nitrogens with one attached hydrogen (secondary N) is 1.